The highest BCUT2D eigenvalue weighted by molar-refractivity contribution is 5.87. The summed E-state index contributed by atoms with van der Waals surface area (Å²) in [4.78, 5) is 39.2. The van der Waals surface area contributed by atoms with Crippen LogP contribution in [0.1, 0.15) is 20.8 Å². The van der Waals surface area contributed by atoms with Gasteiger partial charge in [-0.2, -0.15) is 0 Å². The molecule has 4 aliphatic rings. The van der Waals surface area contributed by atoms with Crippen LogP contribution in [-0.2, 0) is 38.1 Å². The number of fused-ring (bicyclic) bond motifs is 1. The highest BCUT2D eigenvalue weighted by atomic mass is 16.7. The van der Waals surface area contributed by atoms with Gasteiger partial charge in [-0.1, -0.05) is 0 Å². The van der Waals surface area contributed by atoms with Crippen molar-refractivity contribution in [2.45, 2.75) is 50.8 Å². The summed E-state index contributed by atoms with van der Waals surface area (Å²) in [6.45, 7) is 7.86. The summed E-state index contributed by atoms with van der Waals surface area (Å²) in [5.74, 6) is -2.95. The molecule has 150 valence electrons. The molecule has 0 aromatic heterocycles. The minimum absolute atomic E-state index is 0.123. The predicted octanol–water partition coefficient (Wildman–Crippen LogP) is -0.489. The van der Waals surface area contributed by atoms with Crippen LogP contribution in [0.15, 0.2) is 0 Å². The maximum Gasteiger partial charge on any atom is 0.320 e. The topological polar surface area (TPSA) is 101 Å². The molecule has 4 fully saturated rings. The van der Waals surface area contributed by atoms with Gasteiger partial charge in [-0.05, 0) is 20.8 Å². The first kappa shape index (κ1) is 18.6. The summed E-state index contributed by atoms with van der Waals surface area (Å²) >= 11 is 0. The first-order valence-corrected chi connectivity index (χ1v) is 9.33. The third-order valence-electron chi connectivity index (χ3n) is 5.31. The molecule has 4 saturated heterocycles. The van der Waals surface area contributed by atoms with Crippen LogP contribution in [0.3, 0.4) is 0 Å². The quantitative estimate of drug-likeness (QED) is 0.470. The van der Waals surface area contributed by atoms with Crippen LogP contribution in [0, 0.1) is 11.8 Å². The van der Waals surface area contributed by atoms with E-state index in [1.54, 1.807) is 20.8 Å². The molecule has 0 aliphatic carbocycles. The molecule has 0 amide bonds. The monoisotopic (exact) mass is 383 g/mol. The number of esters is 3. The maximum atomic E-state index is 12.7. The molecule has 0 N–H and O–H groups in total. The van der Waals surface area contributed by atoms with Gasteiger partial charge in [-0.15, -0.1) is 0 Å². The molecule has 4 heterocycles. The first-order chi connectivity index (χ1) is 12.7. The zero-order valence-corrected chi connectivity index (χ0v) is 15.7. The lowest BCUT2D eigenvalue weighted by molar-refractivity contribution is -0.170. The molecule has 9 nitrogen and oxygen atoms in total. The average Bonchev–Trinajstić information content (AvgIpc) is 3.17. The number of hydrogen-bond donors (Lipinski definition) is 0. The first-order valence-electron chi connectivity index (χ1n) is 9.33. The van der Waals surface area contributed by atoms with Gasteiger partial charge >= 0.3 is 17.9 Å². The van der Waals surface area contributed by atoms with Gasteiger partial charge in [-0.3, -0.25) is 19.3 Å². The standard InChI is InChI=1S/C18H25NO8/c1-18(2,3)27-17(22)11-10-12-15(26-16(10)21)14(13(11)25-12)24-9(20)8-19-4-6-23-7-5-19/h10-15H,4-8H2,1-3H3. The van der Waals surface area contributed by atoms with Crippen LogP contribution in [0.25, 0.3) is 0 Å². The number of rotatable bonds is 4. The van der Waals surface area contributed by atoms with Crippen LogP contribution in [0.5, 0.6) is 0 Å². The maximum absolute atomic E-state index is 12.7. The van der Waals surface area contributed by atoms with E-state index in [2.05, 4.69) is 0 Å². The highest BCUT2D eigenvalue weighted by Crippen LogP contribution is 2.51. The molecule has 0 saturated carbocycles. The molecule has 4 rings (SSSR count). The van der Waals surface area contributed by atoms with Gasteiger partial charge in [0.05, 0.1) is 19.8 Å². The van der Waals surface area contributed by atoms with Crippen molar-refractivity contribution in [2.75, 3.05) is 32.8 Å². The van der Waals surface area contributed by atoms with Crippen molar-refractivity contribution >= 4 is 17.9 Å². The van der Waals surface area contributed by atoms with E-state index in [-0.39, 0.29) is 6.54 Å². The predicted molar refractivity (Wildman–Crippen MR) is 88.5 cm³/mol. The van der Waals surface area contributed by atoms with Crippen LogP contribution in [-0.4, -0.2) is 85.7 Å². The van der Waals surface area contributed by atoms with Crippen molar-refractivity contribution in [1.82, 2.24) is 4.90 Å². The molecular formula is C18H25NO8. The normalized spacial score (nSPS) is 38.0. The number of hydrogen-bond acceptors (Lipinski definition) is 9. The Morgan fingerprint density at radius 2 is 1.85 bits per heavy atom. The van der Waals surface area contributed by atoms with Crippen molar-refractivity contribution in [3.8, 4) is 0 Å². The summed E-state index contributed by atoms with van der Waals surface area (Å²) < 4.78 is 27.5. The lowest BCUT2D eigenvalue weighted by Gasteiger charge is -2.30. The molecule has 0 spiro atoms. The van der Waals surface area contributed by atoms with E-state index in [0.29, 0.717) is 26.3 Å². The minimum atomic E-state index is -0.818. The number of morpholine rings is 1. The molecule has 4 aliphatic heterocycles. The Bertz CT molecular complexity index is 638. The van der Waals surface area contributed by atoms with Gasteiger partial charge < -0.3 is 23.7 Å². The van der Waals surface area contributed by atoms with Crippen LogP contribution < -0.4 is 0 Å². The molecule has 0 aromatic carbocycles. The summed E-state index contributed by atoms with van der Waals surface area (Å²) in [5, 5.41) is 0. The van der Waals surface area contributed by atoms with Gasteiger partial charge in [0, 0.05) is 13.1 Å². The third-order valence-corrected chi connectivity index (χ3v) is 5.31. The molecular weight excluding hydrogens is 358 g/mol. The van der Waals surface area contributed by atoms with E-state index < -0.39 is 59.8 Å². The molecule has 9 heteroatoms. The number of nitrogens with zero attached hydrogens (tertiary/aromatic N) is 1. The lowest BCUT2D eigenvalue weighted by Crippen LogP contribution is -2.50. The second-order valence-electron chi connectivity index (χ2n) is 8.39. The Morgan fingerprint density at radius 1 is 1.15 bits per heavy atom. The number of ether oxygens (including phenoxy) is 5. The van der Waals surface area contributed by atoms with E-state index in [1.165, 1.54) is 0 Å². The lowest BCUT2D eigenvalue weighted by atomic mass is 9.78. The Labute approximate surface area is 157 Å². The van der Waals surface area contributed by atoms with Crippen molar-refractivity contribution in [3.05, 3.63) is 0 Å². The fourth-order valence-electron chi connectivity index (χ4n) is 4.24. The van der Waals surface area contributed by atoms with Crippen molar-refractivity contribution in [2.24, 2.45) is 11.8 Å². The van der Waals surface area contributed by atoms with Crippen molar-refractivity contribution in [3.63, 3.8) is 0 Å². The third kappa shape index (κ3) is 3.43. The number of carbonyl (C=O) groups excluding carboxylic acids is 3. The number of carbonyl (C=O) groups is 3. The van der Waals surface area contributed by atoms with E-state index in [9.17, 15) is 14.4 Å². The largest absolute Gasteiger partial charge is 0.460 e. The van der Waals surface area contributed by atoms with E-state index in [4.69, 9.17) is 23.7 Å². The molecule has 6 atom stereocenters. The fourth-order valence-corrected chi connectivity index (χ4v) is 4.24. The smallest absolute Gasteiger partial charge is 0.320 e. The van der Waals surface area contributed by atoms with Gasteiger partial charge in [-0.25, -0.2) is 0 Å². The minimum Gasteiger partial charge on any atom is -0.460 e. The highest BCUT2D eigenvalue weighted by Gasteiger charge is 2.72. The molecule has 0 radical (unpaired) electrons. The second-order valence-corrected chi connectivity index (χ2v) is 8.39. The zero-order chi connectivity index (χ0) is 19.3. The SMILES string of the molecule is CC(C)(C)OC(=O)C1C2OC3C(OC(=O)C31)C2OC(=O)CN1CCOCC1. The van der Waals surface area contributed by atoms with Crippen LogP contribution >= 0.6 is 0 Å². The Morgan fingerprint density at radius 3 is 2.52 bits per heavy atom. The van der Waals surface area contributed by atoms with Gasteiger partial charge in [0.2, 0.25) is 0 Å². The van der Waals surface area contributed by atoms with Gasteiger partial charge in [0.25, 0.3) is 0 Å². The molecule has 27 heavy (non-hydrogen) atoms. The fraction of sp³-hybridized carbons (Fsp3) is 0.833. The molecule has 6 unspecified atom stereocenters. The van der Waals surface area contributed by atoms with E-state index in [1.807, 2.05) is 4.90 Å². The van der Waals surface area contributed by atoms with E-state index >= 15 is 0 Å². The summed E-state index contributed by atoms with van der Waals surface area (Å²) in [7, 11) is 0. The summed E-state index contributed by atoms with van der Waals surface area (Å²) in [6.07, 6.45) is -2.73. The molecule has 2 bridgehead atoms. The van der Waals surface area contributed by atoms with E-state index in [0.717, 1.165) is 0 Å². The summed E-state index contributed by atoms with van der Waals surface area (Å²) in [6, 6.07) is 0. The van der Waals surface area contributed by atoms with Crippen LogP contribution in [0.2, 0.25) is 0 Å². The Kier molecular flexibility index (Phi) is 4.64. The van der Waals surface area contributed by atoms with Gasteiger partial charge in [0.15, 0.2) is 12.2 Å². The Hall–Kier alpha value is -1.71. The Balaban J connectivity index is 1.45. The van der Waals surface area contributed by atoms with Crippen LogP contribution in [0.4, 0.5) is 0 Å². The average molecular weight is 383 g/mol. The zero-order valence-electron chi connectivity index (χ0n) is 15.7. The van der Waals surface area contributed by atoms with Crippen molar-refractivity contribution in [1.29, 1.82) is 0 Å². The second kappa shape index (κ2) is 6.72. The van der Waals surface area contributed by atoms with Crippen molar-refractivity contribution < 1.29 is 38.1 Å². The molecule has 0 aromatic rings. The summed E-state index contributed by atoms with van der Waals surface area (Å²) in [5.41, 5.74) is -0.691. The van der Waals surface area contributed by atoms with Gasteiger partial charge in [0.1, 0.15) is 29.6 Å².